The molecule has 0 bridgehead atoms. The number of hydrogen-bond acceptors (Lipinski definition) is 3. The van der Waals surface area contributed by atoms with Crippen molar-refractivity contribution in [3.8, 4) is 0 Å². The van der Waals surface area contributed by atoms with Gasteiger partial charge in [-0.15, -0.1) is 0 Å². The van der Waals surface area contributed by atoms with Crippen LogP contribution < -0.4 is 0 Å². The van der Waals surface area contributed by atoms with Crippen molar-refractivity contribution in [2.24, 2.45) is 11.1 Å². The SMILES string of the molecule is O=NCC1CCOC1. The Balaban J connectivity index is 2.14. The summed E-state index contributed by atoms with van der Waals surface area (Å²) in [5, 5.41) is 2.79. The molecule has 0 aromatic rings. The molecule has 1 fully saturated rings. The fraction of sp³-hybridized carbons (Fsp3) is 1.00. The first kappa shape index (κ1) is 5.69. The van der Waals surface area contributed by atoms with Gasteiger partial charge in [-0.05, 0) is 6.42 Å². The van der Waals surface area contributed by atoms with Crippen LogP contribution in [0.2, 0.25) is 0 Å². The number of ether oxygens (including phenoxy) is 1. The lowest BCUT2D eigenvalue weighted by atomic mass is 10.1. The molecule has 1 saturated heterocycles. The van der Waals surface area contributed by atoms with Gasteiger partial charge in [-0.3, -0.25) is 0 Å². The van der Waals surface area contributed by atoms with Crippen molar-refractivity contribution in [3.05, 3.63) is 4.91 Å². The molecule has 3 heteroatoms. The Hall–Kier alpha value is -0.440. The van der Waals surface area contributed by atoms with Crippen LogP contribution in [0.1, 0.15) is 6.42 Å². The second-order valence-corrected chi connectivity index (χ2v) is 2.04. The Kier molecular flexibility index (Phi) is 1.97. The number of hydrogen-bond donors (Lipinski definition) is 0. The molecule has 0 N–H and O–H groups in total. The zero-order valence-electron chi connectivity index (χ0n) is 4.67. The van der Waals surface area contributed by atoms with Crippen LogP contribution in [0.5, 0.6) is 0 Å². The quantitative estimate of drug-likeness (QED) is 0.499. The molecule has 0 aliphatic carbocycles. The highest BCUT2D eigenvalue weighted by Crippen LogP contribution is 2.11. The minimum Gasteiger partial charge on any atom is -0.381 e. The van der Waals surface area contributed by atoms with E-state index in [0.717, 1.165) is 19.6 Å². The first-order valence-corrected chi connectivity index (χ1v) is 2.80. The average Bonchev–Trinajstić information content (AvgIpc) is 2.19. The molecule has 1 aliphatic rings. The summed E-state index contributed by atoms with van der Waals surface area (Å²) in [6, 6.07) is 0. The van der Waals surface area contributed by atoms with E-state index in [1.165, 1.54) is 0 Å². The zero-order valence-corrected chi connectivity index (χ0v) is 4.67. The van der Waals surface area contributed by atoms with Gasteiger partial charge in [0.1, 0.15) is 0 Å². The van der Waals surface area contributed by atoms with Crippen molar-refractivity contribution in [1.82, 2.24) is 0 Å². The van der Waals surface area contributed by atoms with E-state index in [9.17, 15) is 4.91 Å². The lowest BCUT2D eigenvalue weighted by molar-refractivity contribution is 0.187. The highest BCUT2D eigenvalue weighted by Gasteiger charge is 2.14. The molecule has 3 nitrogen and oxygen atoms in total. The molecule has 0 spiro atoms. The van der Waals surface area contributed by atoms with Gasteiger partial charge in [0.05, 0.1) is 13.2 Å². The van der Waals surface area contributed by atoms with Crippen molar-refractivity contribution in [3.63, 3.8) is 0 Å². The Morgan fingerprint density at radius 2 is 2.62 bits per heavy atom. The molecule has 1 heterocycles. The van der Waals surface area contributed by atoms with Crippen LogP contribution in [0, 0.1) is 10.8 Å². The van der Waals surface area contributed by atoms with E-state index in [1.807, 2.05) is 0 Å². The summed E-state index contributed by atoms with van der Waals surface area (Å²) in [6.07, 6.45) is 1.01. The Labute approximate surface area is 48.0 Å². The van der Waals surface area contributed by atoms with Gasteiger partial charge in [-0.2, -0.15) is 4.91 Å². The van der Waals surface area contributed by atoms with Gasteiger partial charge in [0, 0.05) is 12.5 Å². The summed E-state index contributed by atoms with van der Waals surface area (Å²) < 4.78 is 5.01. The summed E-state index contributed by atoms with van der Waals surface area (Å²) in [7, 11) is 0. The van der Waals surface area contributed by atoms with Crippen LogP contribution in [0.15, 0.2) is 5.18 Å². The highest BCUT2D eigenvalue weighted by molar-refractivity contribution is 4.65. The summed E-state index contributed by atoms with van der Waals surface area (Å²) in [6.45, 7) is 1.96. The van der Waals surface area contributed by atoms with Crippen LogP contribution in [-0.4, -0.2) is 19.8 Å². The highest BCUT2D eigenvalue weighted by atomic mass is 16.5. The summed E-state index contributed by atoms with van der Waals surface area (Å²) in [5.74, 6) is 0.410. The largest absolute Gasteiger partial charge is 0.381 e. The van der Waals surface area contributed by atoms with Crippen LogP contribution in [-0.2, 0) is 4.74 Å². The van der Waals surface area contributed by atoms with Gasteiger partial charge in [-0.1, -0.05) is 5.18 Å². The van der Waals surface area contributed by atoms with Crippen LogP contribution in [0.4, 0.5) is 0 Å². The Bertz CT molecular complexity index is 78.5. The predicted molar refractivity (Wildman–Crippen MR) is 29.6 cm³/mol. The number of nitrogens with zero attached hydrogens (tertiary/aromatic N) is 1. The summed E-state index contributed by atoms with van der Waals surface area (Å²) >= 11 is 0. The van der Waals surface area contributed by atoms with Gasteiger partial charge in [0.15, 0.2) is 0 Å². The molecule has 1 rings (SSSR count). The van der Waals surface area contributed by atoms with Crippen LogP contribution in [0.3, 0.4) is 0 Å². The maximum atomic E-state index is 9.66. The monoisotopic (exact) mass is 115 g/mol. The van der Waals surface area contributed by atoms with E-state index in [1.54, 1.807) is 0 Å². The fourth-order valence-corrected chi connectivity index (χ4v) is 0.833. The molecule has 0 radical (unpaired) electrons. The first-order valence-electron chi connectivity index (χ1n) is 2.80. The van der Waals surface area contributed by atoms with Gasteiger partial charge in [-0.25, -0.2) is 0 Å². The third kappa shape index (κ3) is 1.26. The van der Waals surface area contributed by atoms with Crippen LogP contribution >= 0.6 is 0 Å². The van der Waals surface area contributed by atoms with E-state index in [2.05, 4.69) is 5.18 Å². The maximum Gasteiger partial charge on any atom is 0.0862 e. The Morgan fingerprint density at radius 3 is 3.12 bits per heavy atom. The second kappa shape index (κ2) is 2.77. The lowest BCUT2D eigenvalue weighted by Crippen LogP contribution is -2.01. The van der Waals surface area contributed by atoms with E-state index >= 15 is 0 Å². The second-order valence-electron chi connectivity index (χ2n) is 2.04. The third-order valence-corrected chi connectivity index (χ3v) is 1.36. The number of nitroso groups, excluding NO2 is 1. The molecule has 46 valence electrons. The normalized spacial score (nSPS) is 28.2. The first-order chi connectivity index (χ1) is 3.93. The smallest absolute Gasteiger partial charge is 0.0862 e. The molecule has 0 saturated carbocycles. The van der Waals surface area contributed by atoms with Crippen LogP contribution in [0.25, 0.3) is 0 Å². The predicted octanol–water partition coefficient (Wildman–Crippen LogP) is 0.789. The topological polar surface area (TPSA) is 38.7 Å². The Morgan fingerprint density at radius 1 is 1.75 bits per heavy atom. The van der Waals surface area contributed by atoms with E-state index < -0.39 is 0 Å². The van der Waals surface area contributed by atoms with Gasteiger partial charge >= 0.3 is 0 Å². The average molecular weight is 115 g/mol. The maximum absolute atomic E-state index is 9.66. The molecule has 1 atom stereocenters. The van der Waals surface area contributed by atoms with E-state index in [0.29, 0.717) is 12.5 Å². The van der Waals surface area contributed by atoms with Crippen molar-refractivity contribution in [1.29, 1.82) is 0 Å². The molecule has 0 aromatic heterocycles. The van der Waals surface area contributed by atoms with Crippen molar-refractivity contribution in [2.45, 2.75) is 6.42 Å². The van der Waals surface area contributed by atoms with Crippen molar-refractivity contribution in [2.75, 3.05) is 19.8 Å². The molecule has 1 aliphatic heterocycles. The molecular formula is C5H9NO2. The van der Waals surface area contributed by atoms with Gasteiger partial charge in [0.2, 0.25) is 0 Å². The lowest BCUT2D eigenvalue weighted by Gasteiger charge is -1.95. The van der Waals surface area contributed by atoms with Crippen molar-refractivity contribution >= 4 is 0 Å². The van der Waals surface area contributed by atoms with Gasteiger partial charge < -0.3 is 4.74 Å². The van der Waals surface area contributed by atoms with Gasteiger partial charge in [0.25, 0.3) is 0 Å². The fourth-order valence-electron chi connectivity index (χ4n) is 0.833. The number of rotatable bonds is 2. The molecule has 1 unspecified atom stereocenters. The zero-order chi connectivity index (χ0) is 5.82. The standard InChI is InChI=1S/C5H9NO2/c7-6-3-5-1-2-8-4-5/h5H,1-4H2. The van der Waals surface area contributed by atoms with E-state index in [4.69, 9.17) is 4.74 Å². The minimum atomic E-state index is 0.410. The summed E-state index contributed by atoms with van der Waals surface area (Å²) in [5.41, 5.74) is 0. The molecule has 0 aromatic carbocycles. The molecule has 8 heavy (non-hydrogen) atoms. The molecular weight excluding hydrogens is 106 g/mol. The summed E-state index contributed by atoms with van der Waals surface area (Å²) in [4.78, 5) is 9.66. The van der Waals surface area contributed by atoms with Crippen molar-refractivity contribution < 1.29 is 4.74 Å². The third-order valence-electron chi connectivity index (χ3n) is 1.36. The van der Waals surface area contributed by atoms with E-state index in [-0.39, 0.29) is 0 Å². The molecule has 0 amide bonds. The minimum absolute atomic E-state index is 0.410.